The smallest absolute Gasteiger partial charge is 0.260 e. The highest BCUT2D eigenvalue weighted by atomic mass is 32.2. The molecular weight excluding hydrogens is 454 g/mol. The van der Waals surface area contributed by atoms with E-state index in [1.54, 1.807) is 43.1 Å². The Morgan fingerprint density at radius 1 is 1.24 bits per heavy atom. The summed E-state index contributed by atoms with van der Waals surface area (Å²) in [5.74, 6) is 0.545. The highest BCUT2D eigenvalue weighted by molar-refractivity contribution is 7.89. The fourth-order valence-corrected chi connectivity index (χ4v) is 5.60. The molecule has 0 aliphatic carbocycles. The Morgan fingerprint density at radius 2 is 2.03 bits per heavy atom. The molecule has 11 heteroatoms. The van der Waals surface area contributed by atoms with Crippen LogP contribution in [0.1, 0.15) is 32.8 Å². The molecule has 1 fully saturated rings. The maximum atomic E-state index is 12.9. The minimum Gasteiger partial charge on any atom is -0.389 e. The number of hydrogen-bond donors (Lipinski definition) is 2. The average molecular weight is 486 g/mol. The van der Waals surface area contributed by atoms with Gasteiger partial charge in [0.1, 0.15) is 0 Å². The fraction of sp³-hybridized carbons (Fsp3) is 0.478. The zero-order chi connectivity index (χ0) is 24.5. The van der Waals surface area contributed by atoms with Crippen LogP contribution in [-0.4, -0.2) is 67.3 Å². The Hall–Kier alpha value is -2.89. The van der Waals surface area contributed by atoms with Gasteiger partial charge in [0.2, 0.25) is 5.95 Å². The van der Waals surface area contributed by atoms with E-state index in [0.717, 1.165) is 16.8 Å². The van der Waals surface area contributed by atoms with Crippen LogP contribution in [0.25, 0.3) is 11.3 Å². The average Bonchev–Trinajstić information content (AvgIpc) is 3.23. The van der Waals surface area contributed by atoms with Crippen LogP contribution < -0.4 is 5.32 Å². The first-order chi connectivity index (χ1) is 16.0. The molecule has 3 aromatic heterocycles. The van der Waals surface area contributed by atoms with Crippen LogP contribution in [0.4, 0.5) is 5.95 Å². The Balaban J connectivity index is 1.46. The summed E-state index contributed by atoms with van der Waals surface area (Å²) in [6.07, 6.45) is 7.48. The first-order valence-corrected chi connectivity index (χ1v) is 12.7. The topological polar surface area (TPSA) is 126 Å². The van der Waals surface area contributed by atoms with E-state index in [4.69, 9.17) is 4.98 Å². The molecule has 4 heterocycles. The van der Waals surface area contributed by atoms with Crippen molar-refractivity contribution in [2.45, 2.75) is 57.3 Å². The van der Waals surface area contributed by atoms with E-state index in [9.17, 15) is 13.5 Å². The van der Waals surface area contributed by atoms with Crippen LogP contribution in [0.3, 0.4) is 0 Å². The van der Waals surface area contributed by atoms with Gasteiger partial charge in [-0.3, -0.25) is 4.68 Å². The van der Waals surface area contributed by atoms with Gasteiger partial charge in [-0.2, -0.15) is 9.40 Å². The van der Waals surface area contributed by atoms with E-state index in [2.05, 4.69) is 20.4 Å². The number of hydrogen-bond acceptors (Lipinski definition) is 8. The van der Waals surface area contributed by atoms with Gasteiger partial charge in [0.15, 0.2) is 5.03 Å². The van der Waals surface area contributed by atoms with Crippen molar-refractivity contribution in [3.8, 4) is 11.3 Å². The van der Waals surface area contributed by atoms with Crippen molar-refractivity contribution in [3.05, 3.63) is 48.5 Å². The van der Waals surface area contributed by atoms with Gasteiger partial charge in [-0.1, -0.05) is 13.0 Å². The van der Waals surface area contributed by atoms with Crippen molar-refractivity contribution in [1.29, 1.82) is 0 Å². The molecule has 0 unspecified atom stereocenters. The number of aliphatic hydroxyl groups is 1. The molecule has 2 atom stereocenters. The van der Waals surface area contributed by atoms with Crippen LogP contribution in [0.15, 0.2) is 48.0 Å². The van der Waals surface area contributed by atoms with Crippen molar-refractivity contribution in [2.75, 3.05) is 18.4 Å². The number of pyridine rings is 1. The summed E-state index contributed by atoms with van der Waals surface area (Å²) in [7, 11) is -3.61. The summed E-state index contributed by atoms with van der Waals surface area (Å²) < 4.78 is 29.0. The molecule has 34 heavy (non-hydrogen) atoms. The van der Waals surface area contributed by atoms with Gasteiger partial charge in [0, 0.05) is 43.3 Å². The lowest BCUT2D eigenvalue weighted by molar-refractivity contribution is 0.0577. The van der Waals surface area contributed by atoms with Crippen molar-refractivity contribution in [1.82, 2.24) is 29.0 Å². The molecule has 0 saturated carbocycles. The van der Waals surface area contributed by atoms with Gasteiger partial charge in [-0.15, -0.1) is 0 Å². The highest BCUT2D eigenvalue weighted by Crippen LogP contribution is 2.26. The zero-order valence-electron chi connectivity index (χ0n) is 19.9. The molecule has 182 valence electrons. The standard InChI is InChI=1S/C23H31N7O3S/c1-16-11-25-22(28-21(16)18-12-26-29(14-18)15-23(3,4)31)27-19-8-10-30(13-17(19)2)34(32,33)20-7-5-6-9-24-20/h5-7,9,11-12,14,17,19,31H,8,10,13,15H2,1-4H3,(H,25,27,28)/t17-,19+/m1/s1. The minimum atomic E-state index is -3.61. The molecule has 0 bridgehead atoms. The second kappa shape index (κ2) is 9.40. The third-order valence-electron chi connectivity index (χ3n) is 5.85. The van der Waals surface area contributed by atoms with Gasteiger partial charge in [0.25, 0.3) is 10.0 Å². The maximum absolute atomic E-state index is 12.9. The van der Waals surface area contributed by atoms with E-state index in [-0.39, 0.29) is 17.0 Å². The monoisotopic (exact) mass is 485 g/mol. The van der Waals surface area contributed by atoms with Crippen LogP contribution in [0.5, 0.6) is 0 Å². The first-order valence-electron chi connectivity index (χ1n) is 11.3. The van der Waals surface area contributed by atoms with Gasteiger partial charge >= 0.3 is 0 Å². The van der Waals surface area contributed by atoms with Crippen molar-refractivity contribution in [2.24, 2.45) is 5.92 Å². The molecule has 2 N–H and O–H groups in total. The van der Waals surface area contributed by atoms with Crippen molar-refractivity contribution in [3.63, 3.8) is 0 Å². The molecule has 1 aliphatic rings. The van der Waals surface area contributed by atoms with Crippen LogP contribution in [0, 0.1) is 12.8 Å². The summed E-state index contributed by atoms with van der Waals surface area (Å²) in [4.78, 5) is 13.2. The molecular formula is C23H31N7O3S. The summed E-state index contributed by atoms with van der Waals surface area (Å²) in [5.41, 5.74) is 1.66. The lowest BCUT2D eigenvalue weighted by atomic mass is 9.95. The van der Waals surface area contributed by atoms with Crippen LogP contribution >= 0.6 is 0 Å². The second-order valence-electron chi connectivity index (χ2n) is 9.51. The zero-order valence-corrected chi connectivity index (χ0v) is 20.7. The molecule has 0 aromatic carbocycles. The number of aryl methyl sites for hydroxylation is 1. The number of sulfonamides is 1. The van der Waals surface area contributed by atoms with E-state index in [0.29, 0.717) is 32.0 Å². The van der Waals surface area contributed by atoms with Gasteiger partial charge < -0.3 is 10.4 Å². The third-order valence-corrected chi connectivity index (χ3v) is 7.63. The molecule has 3 aromatic rings. The molecule has 0 amide bonds. The number of piperidine rings is 1. The molecule has 10 nitrogen and oxygen atoms in total. The SMILES string of the molecule is Cc1cnc(N[C@H]2CCN(S(=O)(=O)c3ccccn3)C[C@H]2C)nc1-c1cnn(CC(C)(C)O)c1. The summed E-state index contributed by atoms with van der Waals surface area (Å²) in [6, 6.07) is 4.93. The van der Waals surface area contributed by atoms with Crippen molar-refractivity contribution >= 4 is 16.0 Å². The number of anilines is 1. The fourth-order valence-electron chi connectivity index (χ4n) is 4.11. The molecule has 0 spiro atoms. The summed E-state index contributed by atoms with van der Waals surface area (Å²) in [5, 5.41) is 17.9. The summed E-state index contributed by atoms with van der Waals surface area (Å²) in [6.45, 7) is 8.59. The normalized spacial score (nSPS) is 19.8. The number of nitrogens with zero attached hydrogens (tertiary/aromatic N) is 6. The van der Waals surface area contributed by atoms with E-state index >= 15 is 0 Å². The van der Waals surface area contributed by atoms with Gasteiger partial charge in [0.05, 0.1) is 24.0 Å². The molecule has 4 rings (SSSR count). The molecule has 1 aliphatic heterocycles. The molecule has 0 radical (unpaired) electrons. The van der Waals surface area contributed by atoms with E-state index in [1.807, 2.05) is 20.0 Å². The maximum Gasteiger partial charge on any atom is 0.260 e. The Morgan fingerprint density at radius 3 is 2.71 bits per heavy atom. The highest BCUT2D eigenvalue weighted by Gasteiger charge is 2.34. The van der Waals surface area contributed by atoms with E-state index in [1.165, 1.54) is 16.6 Å². The quantitative estimate of drug-likeness (QED) is 0.522. The lowest BCUT2D eigenvalue weighted by Gasteiger charge is -2.36. The van der Waals surface area contributed by atoms with Crippen molar-refractivity contribution < 1.29 is 13.5 Å². The van der Waals surface area contributed by atoms with Crippen LogP contribution in [-0.2, 0) is 16.6 Å². The Bertz CT molecular complexity index is 1240. The van der Waals surface area contributed by atoms with Crippen LogP contribution in [0.2, 0.25) is 0 Å². The van der Waals surface area contributed by atoms with Gasteiger partial charge in [-0.05, 0) is 50.8 Å². The lowest BCUT2D eigenvalue weighted by Crippen LogP contribution is -2.47. The predicted octanol–water partition coefficient (Wildman–Crippen LogP) is 2.33. The predicted molar refractivity (Wildman–Crippen MR) is 128 cm³/mol. The Labute approximate surface area is 200 Å². The molecule has 1 saturated heterocycles. The number of rotatable bonds is 7. The van der Waals surface area contributed by atoms with Gasteiger partial charge in [-0.25, -0.2) is 23.4 Å². The third kappa shape index (κ3) is 5.43. The number of nitrogens with one attached hydrogen (secondary N) is 1. The second-order valence-corrected chi connectivity index (χ2v) is 11.4. The minimum absolute atomic E-state index is 0.0312. The number of aromatic nitrogens is 5. The largest absolute Gasteiger partial charge is 0.389 e. The first kappa shape index (κ1) is 24.2. The Kier molecular flexibility index (Phi) is 6.70. The summed E-state index contributed by atoms with van der Waals surface area (Å²) >= 11 is 0. The van der Waals surface area contributed by atoms with E-state index < -0.39 is 15.6 Å².